The van der Waals surface area contributed by atoms with Crippen LogP contribution in [0, 0.1) is 5.92 Å². The highest BCUT2D eigenvalue weighted by atomic mass is 15.1. The molecule has 1 fully saturated rings. The molecule has 1 nitrogen and oxygen atoms in total. The number of hydrogen-bond donors (Lipinski definition) is 0. The van der Waals surface area contributed by atoms with Gasteiger partial charge in [-0.3, -0.25) is 0 Å². The van der Waals surface area contributed by atoms with Crippen molar-refractivity contribution >= 4 is 0 Å². The second-order valence-corrected chi connectivity index (χ2v) is 3.58. The van der Waals surface area contributed by atoms with Gasteiger partial charge in [-0.05, 0) is 32.4 Å². The molecule has 0 spiro atoms. The number of hydrogen-bond acceptors (Lipinski definition) is 1. The van der Waals surface area contributed by atoms with Crippen molar-refractivity contribution in [1.82, 2.24) is 4.90 Å². The molecular formula is C9H19N. The second kappa shape index (κ2) is 3.38. The van der Waals surface area contributed by atoms with Crippen molar-refractivity contribution < 1.29 is 0 Å². The fraction of sp³-hybridized carbons (Fsp3) is 1.00. The van der Waals surface area contributed by atoms with Crippen molar-refractivity contribution in [2.75, 3.05) is 13.6 Å². The van der Waals surface area contributed by atoms with Gasteiger partial charge < -0.3 is 4.90 Å². The van der Waals surface area contributed by atoms with Gasteiger partial charge in [0.15, 0.2) is 0 Å². The first-order valence-corrected chi connectivity index (χ1v) is 4.46. The summed E-state index contributed by atoms with van der Waals surface area (Å²) in [7, 11) is 2.25. The average Bonchev–Trinajstić information content (AvgIpc) is 2.34. The average molecular weight is 141 g/mol. The second-order valence-electron chi connectivity index (χ2n) is 3.58. The van der Waals surface area contributed by atoms with Crippen LogP contribution in [0.5, 0.6) is 0 Å². The van der Waals surface area contributed by atoms with Crippen LogP contribution in [-0.4, -0.2) is 24.5 Å². The van der Waals surface area contributed by atoms with Crippen LogP contribution < -0.4 is 0 Å². The molecule has 1 saturated heterocycles. The molecule has 1 rings (SSSR count). The molecule has 0 saturated carbocycles. The molecule has 0 bridgehead atoms. The summed E-state index contributed by atoms with van der Waals surface area (Å²) in [6.45, 7) is 5.97. The first-order valence-electron chi connectivity index (χ1n) is 4.46. The Bertz CT molecular complexity index is 101. The van der Waals surface area contributed by atoms with Crippen molar-refractivity contribution in [2.24, 2.45) is 5.92 Å². The molecule has 0 aromatic rings. The largest absolute Gasteiger partial charge is 0.303 e. The molecule has 1 aliphatic rings. The van der Waals surface area contributed by atoms with Gasteiger partial charge in [0.05, 0.1) is 0 Å². The van der Waals surface area contributed by atoms with Crippen LogP contribution in [0.1, 0.15) is 33.1 Å². The van der Waals surface area contributed by atoms with Gasteiger partial charge in [0.2, 0.25) is 0 Å². The zero-order valence-corrected chi connectivity index (χ0v) is 7.43. The maximum absolute atomic E-state index is 2.51. The Morgan fingerprint density at radius 3 is 2.70 bits per heavy atom. The van der Waals surface area contributed by atoms with Crippen LogP contribution in [-0.2, 0) is 0 Å². The minimum absolute atomic E-state index is 0.880. The fourth-order valence-corrected chi connectivity index (χ4v) is 1.93. The number of rotatable bonds is 2. The highest BCUT2D eigenvalue weighted by molar-refractivity contribution is 4.79. The van der Waals surface area contributed by atoms with E-state index >= 15 is 0 Å². The van der Waals surface area contributed by atoms with E-state index < -0.39 is 0 Å². The van der Waals surface area contributed by atoms with E-state index in [2.05, 4.69) is 25.8 Å². The Kier molecular flexibility index (Phi) is 2.72. The molecule has 0 N–H and O–H groups in total. The van der Waals surface area contributed by atoms with E-state index in [1.807, 2.05) is 0 Å². The molecule has 0 aliphatic carbocycles. The number of likely N-dealkylation sites (tertiary alicyclic amines) is 1. The molecule has 0 radical (unpaired) electrons. The fourth-order valence-electron chi connectivity index (χ4n) is 1.93. The zero-order valence-electron chi connectivity index (χ0n) is 7.43. The van der Waals surface area contributed by atoms with Crippen molar-refractivity contribution in [2.45, 2.75) is 39.2 Å². The predicted octanol–water partition coefficient (Wildman–Crippen LogP) is 2.13. The van der Waals surface area contributed by atoms with Crippen LogP contribution in [0.4, 0.5) is 0 Å². The van der Waals surface area contributed by atoms with Gasteiger partial charge in [0.25, 0.3) is 0 Å². The van der Waals surface area contributed by atoms with E-state index in [-0.39, 0.29) is 0 Å². The van der Waals surface area contributed by atoms with Gasteiger partial charge >= 0.3 is 0 Å². The standard InChI is InChI=1S/C9H19N/c1-4-8(2)9-6-5-7-10(9)3/h8-9H,4-7H2,1-3H3. The summed E-state index contributed by atoms with van der Waals surface area (Å²) in [5.41, 5.74) is 0. The third-order valence-electron chi connectivity index (χ3n) is 2.88. The predicted molar refractivity (Wildman–Crippen MR) is 45.1 cm³/mol. The van der Waals surface area contributed by atoms with Crippen LogP contribution >= 0.6 is 0 Å². The molecule has 60 valence electrons. The van der Waals surface area contributed by atoms with Crippen molar-refractivity contribution in [1.29, 1.82) is 0 Å². The van der Waals surface area contributed by atoms with Crippen LogP contribution in [0.3, 0.4) is 0 Å². The van der Waals surface area contributed by atoms with E-state index in [4.69, 9.17) is 0 Å². The summed E-state index contributed by atoms with van der Waals surface area (Å²) < 4.78 is 0. The van der Waals surface area contributed by atoms with Crippen molar-refractivity contribution in [3.8, 4) is 0 Å². The molecule has 0 aromatic carbocycles. The van der Waals surface area contributed by atoms with Gasteiger partial charge in [-0.2, -0.15) is 0 Å². The topological polar surface area (TPSA) is 3.24 Å². The maximum atomic E-state index is 2.51. The molecule has 0 amide bonds. The van der Waals surface area contributed by atoms with Crippen LogP contribution in [0.15, 0.2) is 0 Å². The lowest BCUT2D eigenvalue weighted by Gasteiger charge is -2.24. The highest BCUT2D eigenvalue weighted by Gasteiger charge is 2.24. The minimum Gasteiger partial charge on any atom is -0.303 e. The van der Waals surface area contributed by atoms with Gasteiger partial charge in [0, 0.05) is 6.04 Å². The van der Waals surface area contributed by atoms with Crippen LogP contribution in [0.2, 0.25) is 0 Å². The van der Waals surface area contributed by atoms with Gasteiger partial charge in [0.1, 0.15) is 0 Å². The summed E-state index contributed by atoms with van der Waals surface area (Å²) in [6, 6.07) is 0.880. The lowest BCUT2D eigenvalue weighted by atomic mass is 9.97. The third kappa shape index (κ3) is 1.51. The minimum atomic E-state index is 0.880. The smallest absolute Gasteiger partial charge is 0.0118 e. The Morgan fingerprint density at radius 2 is 2.30 bits per heavy atom. The third-order valence-corrected chi connectivity index (χ3v) is 2.88. The van der Waals surface area contributed by atoms with Gasteiger partial charge in [-0.15, -0.1) is 0 Å². The van der Waals surface area contributed by atoms with E-state index in [0.717, 1.165) is 12.0 Å². The summed E-state index contributed by atoms with van der Waals surface area (Å²) in [4.78, 5) is 2.51. The SMILES string of the molecule is CCC(C)C1CCCN1C. The molecular weight excluding hydrogens is 122 g/mol. The Labute approximate surface area is 64.4 Å². The van der Waals surface area contributed by atoms with E-state index in [9.17, 15) is 0 Å². The first kappa shape index (κ1) is 8.06. The normalized spacial score (nSPS) is 30.9. The Balaban J connectivity index is 2.38. The monoisotopic (exact) mass is 141 g/mol. The zero-order chi connectivity index (χ0) is 7.56. The summed E-state index contributed by atoms with van der Waals surface area (Å²) in [5, 5.41) is 0. The number of nitrogens with zero attached hydrogens (tertiary/aromatic N) is 1. The van der Waals surface area contributed by atoms with Gasteiger partial charge in [-0.25, -0.2) is 0 Å². The summed E-state index contributed by atoms with van der Waals surface area (Å²) >= 11 is 0. The molecule has 0 aromatic heterocycles. The van der Waals surface area contributed by atoms with E-state index in [0.29, 0.717) is 0 Å². The Hall–Kier alpha value is -0.0400. The molecule has 1 aliphatic heterocycles. The lowest BCUT2D eigenvalue weighted by Crippen LogP contribution is -2.30. The van der Waals surface area contributed by atoms with Crippen LogP contribution in [0.25, 0.3) is 0 Å². The molecule has 1 heteroatoms. The van der Waals surface area contributed by atoms with E-state index in [1.165, 1.54) is 25.8 Å². The van der Waals surface area contributed by atoms with Crippen molar-refractivity contribution in [3.63, 3.8) is 0 Å². The quantitative estimate of drug-likeness (QED) is 0.569. The lowest BCUT2D eigenvalue weighted by molar-refractivity contribution is 0.234. The highest BCUT2D eigenvalue weighted by Crippen LogP contribution is 2.23. The van der Waals surface area contributed by atoms with E-state index in [1.54, 1.807) is 0 Å². The molecule has 2 atom stereocenters. The molecule has 1 heterocycles. The maximum Gasteiger partial charge on any atom is 0.0118 e. The first-order chi connectivity index (χ1) is 4.75. The molecule has 10 heavy (non-hydrogen) atoms. The Morgan fingerprint density at radius 1 is 1.60 bits per heavy atom. The summed E-state index contributed by atoms with van der Waals surface area (Å²) in [5.74, 6) is 0.896. The molecule has 2 unspecified atom stereocenters. The van der Waals surface area contributed by atoms with Crippen molar-refractivity contribution in [3.05, 3.63) is 0 Å². The van der Waals surface area contributed by atoms with Gasteiger partial charge in [-0.1, -0.05) is 20.3 Å². The summed E-state index contributed by atoms with van der Waals surface area (Å²) in [6.07, 6.45) is 4.16.